The number of carbonyl (C=O) groups is 1. The van der Waals surface area contributed by atoms with E-state index in [9.17, 15) is 4.79 Å². The summed E-state index contributed by atoms with van der Waals surface area (Å²) < 4.78 is 5.11. The Kier molecular flexibility index (Phi) is 3.72. The van der Waals surface area contributed by atoms with E-state index in [2.05, 4.69) is 0 Å². The smallest absolute Gasteiger partial charge is 0.306 e. The summed E-state index contributed by atoms with van der Waals surface area (Å²) in [7, 11) is 0. The van der Waals surface area contributed by atoms with Crippen molar-refractivity contribution in [3.63, 3.8) is 0 Å². The highest BCUT2D eigenvalue weighted by atomic mass is 32.1. The number of aliphatic hydroxyl groups is 1. The normalized spacial score (nSPS) is 12.4. The second-order valence-electron chi connectivity index (χ2n) is 2.49. The van der Waals surface area contributed by atoms with Crippen LogP contribution in [0.15, 0.2) is 17.5 Å². The zero-order valence-corrected chi connectivity index (χ0v) is 7.66. The van der Waals surface area contributed by atoms with Gasteiger partial charge >= 0.3 is 5.97 Å². The number of aliphatic carboxylic acids is 1. The summed E-state index contributed by atoms with van der Waals surface area (Å²) in [5.41, 5.74) is 0. The van der Waals surface area contributed by atoms with E-state index in [1.165, 1.54) is 11.3 Å². The van der Waals surface area contributed by atoms with Crippen LogP contribution < -0.4 is 4.74 Å². The molecule has 0 bridgehead atoms. The fraction of sp³-hybridized carbons (Fsp3) is 0.375. The van der Waals surface area contributed by atoms with Gasteiger partial charge < -0.3 is 14.9 Å². The molecule has 0 aromatic carbocycles. The van der Waals surface area contributed by atoms with E-state index in [4.69, 9.17) is 14.9 Å². The van der Waals surface area contributed by atoms with Gasteiger partial charge in [0.15, 0.2) is 5.06 Å². The molecule has 13 heavy (non-hydrogen) atoms. The molecule has 1 rings (SSSR count). The average Bonchev–Trinajstić information content (AvgIpc) is 2.51. The highest BCUT2D eigenvalue weighted by Gasteiger charge is 2.09. The lowest BCUT2D eigenvalue weighted by Crippen LogP contribution is -2.20. The van der Waals surface area contributed by atoms with Gasteiger partial charge in [-0.2, -0.15) is 0 Å². The first kappa shape index (κ1) is 10.0. The van der Waals surface area contributed by atoms with Gasteiger partial charge in [0.25, 0.3) is 0 Å². The van der Waals surface area contributed by atoms with Crippen LogP contribution in [0, 0.1) is 0 Å². The molecule has 0 saturated heterocycles. The minimum absolute atomic E-state index is 0.0206. The van der Waals surface area contributed by atoms with Gasteiger partial charge in [-0.1, -0.05) is 0 Å². The van der Waals surface area contributed by atoms with Crippen LogP contribution in [-0.4, -0.2) is 28.9 Å². The summed E-state index contributed by atoms with van der Waals surface area (Å²) in [6.07, 6.45) is -1.23. The third kappa shape index (κ3) is 3.91. The Morgan fingerprint density at radius 3 is 3.00 bits per heavy atom. The van der Waals surface area contributed by atoms with Crippen LogP contribution in [0.2, 0.25) is 0 Å². The maximum absolute atomic E-state index is 10.2. The van der Waals surface area contributed by atoms with Crippen LogP contribution in [0.4, 0.5) is 0 Å². The Morgan fingerprint density at radius 2 is 2.46 bits per heavy atom. The van der Waals surface area contributed by atoms with Crippen LogP contribution in [0.1, 0.15) is 6.42 Å². The minimum Gasteiger partial charge on any atom is -0.481 e. The Morgan fingerprint density at radius 1 is 1.69 bits per heavy atom. The van der Waals surface area contributed by atoms with Gasteiger partial charge in [0.1, 0.15) is 6.61 Å². The number of ether oxygens (including phenoxy) is 1. The molecule has 0 saturated carbocycles. The summed E-state index contributed by atoms with van der Waals surface area (Å²) in [4.78, 5) is 10.2. The Bertz CT molecular complexity index is 257. The van der Waals surface area contributed by atoms with Gasteiger partial charge in [-0.05, 0) is 17.5 Å². The summed E-state index contributed by atoms with van der Waals surface area (Å²) in [6, 6.07) is 3.59. The predicted octanol–water partition coefficient (Wildman–Crippen LogP) is 0.963. The third-order valence-electron chi connectivity index (χ3n) is 1.32. The van der Waals surface area contributed by atoms with Crippen molar-refractivity contribution >= 4 is 17.3 Å². The summed E-state index contributed by atoms with van der Waals surface area (Å²) in [5.74, 6) is -1.03. The number of thiophene rings is 1. The lowest BCUT2D eigenvalue weighted by molar-refractivity contribution is -0.139. The first-order chi connectivity index (χ1) is 6.18. The van der Waals surface area contributed by atoms with Crippen LogP contribution in [0.3, 0.4) is 0 Å². The molecule has 0 fully saturated rings. The zero-order chi connectivity index (χ0) is 9.68. The lowest BCUT2D eigenvalue weighted by atomic mass is 10.3. The minimum atomic E-state index is -1.03. The van der Waals surface area contributed by atoms with Gasteiger partial charge in [0, 0.05) is 0 Å². The van der Waals surface area contributed by atoms with Gasteiger partial charge in [0.05, 0.1) is 12.5 Å². The van der Waals surface area contributed by atoms with Crippen molar-refractivity contribution in [3.8, 4) is 5.06 Å². The van der Waals surface area contributed by atoms with E-state index >= 15 is 0 Å². The second-order valence-corrected chi connectivity index (χ2v) is 3.41. The monoisotopic (exact) mass is 202 g/mol. The summed E-state index contributed by atoms with van der Waals surface area (Å²) in [6.45, 7) is 0.0206. The topological polar surface area (TPSA) is 66.8 Å². The first-order valence-corrected chi connectivity index (χ1v) is 4.62. The average molecular weight is 202 g/mol. The molecule has 2 N–H and O–H groups in total. The molecule has 0 spiro atoms. The van der Waals surface area contributed by atoms with E-state index in [0.717, 1.165) is 0 Å². The summed E-state index contributed by atoms with van der Waals surface area (Å²) in [5, 5.41) is 20.0. The van der Waals surface area contributed by atoms with Crippen LogP contribution in [0.5, 0.6) is 5.06 Å². The fourth-order valence-corrected chi connectivity index (χ4v) is 1.37. The molecular weight excluding hydrogens is 192 g/mol. The maximum Gasteiger partial charge on any atom is 0.306 e. The SMILES string of the molecule is O=C(O)CC(O)COc1cccs1. The van der Waals surface area contributed by atoms with Crippen molar-refractivity contribution in [2.75, 3.05) is 6.61 Å². The molecule has 0 radical (unpaired) electrons. The quantitative estimate of drug-likeness (QED) is 0.746. The highest BCUT2D eigenvalue weighted by Crippen LogP contribution is 2.18. The molecule has 0 aliphatic carbocycles. The van der Waals surface area contributed by atoms with Gasteiger partial charge in [-0.15, -0.1) is 11.3 Å². The van der Waals surface area contributed by atoms with E-state index in [1.807, 2.05) is 11.4 Å². The largest absolute Gasteiger partial charge is 0.481 e. The number of rotatable bonds is 5. The zero-order valence-electron chi connectivity index (χ0n) is 6.84. The molecule has 72 valence electrons. The Labute approximate surface area is 79.4 Å². The van der Waals surface area contributed by atoms with Crippen molar-refractivity contribution in [1.82, 2.24) is 0 Å². The molecule has 1 unspecified atom stereocenters. The standard InChI is InChI=1S/C8H10O4S/c9-6(4-7(10)11)5-12-8-2-1-3-13-8/h1-3,6,9H,4-5H2,(H,10,11). The molecule has 4 nitrogen and oxygen atoms in total. The van der Waals surface area contributed by atoms with Crippen molar-refractivity contribution in [2.45, 2.75) is 12.5 Å². The van der Waals surface area contributed by atoms with Crippen molar-refractivity contribution in [3.05, 3.63) is 17.5 Å². The molecule has 1 aromatic rings. The van der Waals surface area contributed by atoms with Gasteiger partial charge in [-0.25, -0.2) is 0 Å². The maximum atomic E-state index is 10.2. The van der Waals surface area contributed by atoms with Gasteiger partial charge in [0.2, 0.25) is 0 Å². The Balaban J connectivity index is 2.22. The second kappa shape index (κ2) is 4.84. The molecule has 1 atom stereocenters. The molecule has 0 amide bonds. The molecule has 1 aromatic heterocycles. The number of hydrogen-bond acceptors (Lipinski definition) is 4. The van der Waals surface area contributed by atoms with E-state index in [0.29, 0.717) is 5.06 Å². The number of carboxylic acid groups (broad SMARTS) is 1. The van der Waals surface area contributed by atoms with E-state index in [1.54, 1.807) is 6.07 Å². The molecule has 1 heterocycles. The van der Waals surface area contributed by atoms with E-state index in [-0.39, 0.29) is 13.0 Å². The molecule has 5 heteroatoms. The number of carboxylic acids is 1. The Hall–Kier alpha value is -1.07. The lowest BCUT2D eigenvalue weighted by Gasteiger charge is -2.07. The van der Waals surface area contributed by atoms with Crippen molar-refractivity contribution < 1.29 is 19.7 Å². The number of hydrogen-bond donors (Lipinski definition) is 2. The third-order valence-corrected chi connectivity index (χ3v) is 2.10. The fourth-order valence-electron chi connectivity index (χ4n) is 0.784. The molecular formula is C8H10O4S. The predicted molar refractivity (Wildman–Crippen MR) is 48.1 cm³/mol. The van der Waals surface area contributed by atoms with E-state index < -0.39 is 12.1 Å². The summed E-state index contributed by atoms with van der Waals surface area (Å²) >= 11 is 1.40. The molecule has 0 aliphatic heterocycles. The van der Waals surface area contributed by atoms with Crippen LogP contribution in [0.25, 0.3) is 0 Å². The number of aliphatic hydroxyl groups excluding tert-OH is 1. The van der Waals surface area contributed by atoms with Crippen LogP contribution >= 0.6 is 11.3 Å². The molecule has 0 aliphatic rings. The van der Waals surface area contributed by atoms with Gasteiger partial charge in [-0.3, -0.25) is 4.79 Å². The first-order valence-electron chi connectivity index (χ1n) is 3.74. The van der Waals surface area contributed by atoms with Crippen molar-refractivity contribution in [2.24, 2.45) is 0 Å². The van der Waals surface area contributed by atoms with Crippen molar-refractivity contribution in [1.29, 1.82) is 0 Å². The highest BCUT2D eigenvalue weighted by molar-refractivity contribution is 7.11. The van der Waals surface area contributed by atoms with Crippen LogP contribution in [-0.2, 0) is 4.79 Å².